The van der Waals surface area contributed by atoms with Gasteiger partial charge < -0.3 is 15.2 Å². The summed E-state index contributed by atoms with van der Waals surface area (Å²) < 4.78 is 0. The molecule has 4 aromatic rings. The molecule has 1 fully saturated rings. The quantitative estimate of drug-likeness (QED) is 0.420. The lowest BCUT2D eigenvalue weighted by Crippen LogP contribution is -2.44. The van der Waals surface area contributed by atoms with Crippen molar-refractivity contribution in [1.82, 2.24) is 15.2 Å². The van der Waals surface area contributed by atoms with E-state index in [4.69, 9.17) is 0 Å². The van der Waals surface area contributed by atoms with Crippen LogP contribution in [0.25, 0.3) is 21.7 Å². The molecule has 1 saturated heterocycles. The fourth-order valence-corrected chi connectivity index (χ4v) is 5.89. The van der Waals surface area contributed by atoms with Crippen LogP contribution in [0.1, 0.15) is 31.2 Å². The fourth-order valence-electron chi connectivity index (χ4n) is 4.99. The van der Waals surface area contributed by atoms with Gasteiger partial charge >= 0.3 is 0 Å². The molecular weight excluding hydrogens is 460 g/mol. The van der Waals surface area contributed by atoms with Crippen LogP contribution in [-0.2, 0) is 0 Å². The summed E-state index contributed by atoms with van der Waals surface area (Å²) in [5.74, 6) is 1.22. The zero-order valence-electron chi connectivity index (χ0n) is 19.0. The van der Waals surface area contributed by atoms with E-state index in [0.717, 1.165) is 52.0 Å². The molecule has 0 atom stereocenters. The number of amides is 3. The Morgan fingerprint density at radius 2 is 1.71 bits per heavy atom. The van der Waals surface area contributed by atoms with Crippen LogP contribution >= 0.6 is 11.8 Å². The molecule has 2 aliphatic rings. The number of carbonyl (C=O) groups excluding carboxylic acids is 3. The number of hydrogen-bond donors (Lipinski definition) is 2. The number of nitrogens with one attached hydrogen (secondary N) is 2. The molecule has 0 radical (unpaired) electrons. The number of benzene rings is 3. The second-order valence-corrected chi connectivity index (χ2v) is 9.97. The van der Waals surface area contributed by atoms with Crippen molar-refractivity contribution in [3.05, 3.63) is 77.5 Å². The molecule has 0 spiro atoms. The average molecular weight is 485 g/mol. The zero-order chi connectivity index (χ0) is 23.9. The van der Waals surface area contributed by atoms with Gasteiger partial charge in [0, 0.05) is 76.2 Å². The lowest BCUT2D eigenvalue weighted by molar-refractivity contribution is 0.0607. The monoisotopic (exact) mass is 484 g/mol. The molecule has 3 amide bonds. The molecule has 6 rings (SSSR count). The second-order valence-electron chi connectivity index (χ2n) is 8.75. The van der Waals surface area contributed by atoms with Crippen molar-refractivity contribution >= 4 is 56.8 Å². The Labute approximate surface area is 206 Å². The molecular formula is C27H24N4O3S. The molecule has 8 heteroatoms. The number of aromatic nitrogens is 1. The molecule has 1 aromatic heterocycles. The number of nitrogens with zero attached hydrogens (tertiary/aromatic N) is 2. The number of imide groups is 1. The molecule has 3 aromatic carbocycles. The van der Waals surface area contributed by atoms with Crippen LogP contribution in [0.15, 0.2) is 60.7 Å². The molecule has 35 heavy (non-hydrogen) atoms. The molecule has 7 nitrogen and oxygen atoms in total. The first kappa shape index (κ1) is 21.7. The summed E-state index contributed by atoms with van der Waals surface area (Å²) in [6, 6.07) is 19.0. The topological polar surface area (TPSA) is 85.5 Å². The van der Waals surface area contributed by atoms with Crippen LogP contribution in [0.5, 0.6) is 0 Å². The van der Waals surface area contributed by atoms with Gasteiger partial charge in [0.2, 0.25) is 0 Å². The van der Waals surface area contributed by atoms with Crippen LogP contribution in [0.3, 0.4) is 0 Å². The van der Waals surface area contributed by atoms with E-state index in [1.165, 1.54) is 4.90 Å². The minimum atomic E-state index is -0.320. The van der Waals surface area contributed by atoms with Gasteiger partial charge in [-0.3, -0.25) is 19.3 Å². The first-order valence-corrected chi connectivity index (χ1v) is 12.9. The minimum absolute atomic E-state index is 0.102. The Kier molecular flexibility index (Phi) is 5.45. The lowest BCUT2D eigenvalue weighted by Gasteiger charge is -2.32. The van der Waals surface area contributed by atoms with Crippen molar-refractivity contribution in [2.45, 2.75) is 0 Å². The van der Waals surface area contributed by atoms with Gasteiger partial charge in [0.1, 0.15) is 5.69 Å². The molecule has 0 unspecified atom stereocenters. The smallest absolute Gasteiger partial charge is 0.267 e. The molecule has 0 bridgehead atoms. The van der Waals surface area contributed by atoms with Crippen molar-refractivity contribution < 1.29 is 14.4 Å². The maximum atomic E-state index is 13.3. The van der Waals surface area contributed by atoms with E-state index in [2.05, 4.69) is 15.2 Å². The van der Waals surface area contributed by atoms with Crippen molar-refractivity contribution in [2.24, 2.45) is 0 Å². The summed E-state index contributed by atoms with van der Waals surface area (Å²) in [5, 5.41) is 5.45. The summed E-state index contributed by atoms with van der Waals surface area (Å²) >= 11 is 1.94. The standard InChI is InChI=1S/C27H24N4O3S/c32-25(22-16-17-4-1-2-7-21(17)29-22)28-10-11-31-26(33)19-6-3-5-18-23(30-12-14-35-15-13-30)9-8-20(24(18)19)27(31)34/h1-9,16,29H,10-15H2,(H,28,32). The number of hydrogen-bond acceptors (Lipinski definition) is 5. The summed E-state index contributed by atoms with van der Waals surface area (Å²) in [4.78, 5) is 46.0. The molecule has 2 N–H and O–H groups in total. The van der Waals surface area contributed by atoms with Crippen LogP contribution in [0, 0.1) is 0 Å². The number of para-hydroxylation sites is 1. The average Bonchev–Trinajstić information content (AvgIpc) is 3.34. The molecule has 0 saturated carbocycles. The molecule has 3 heterocycles. The number of anilines is 1. The maximum Gasteiger partial charge on any atom is 0.267 e. The van der Waals surface area contributed by atoms with Gasteiger partial charge in [0.15, 0.2) is 0 Å². The predicted octanol–water partition coefficient (Wildman–Crippen LogP) is 3.90. The van der Waals surface area contributed by atoms with Gasteiger partial charge in [0.05, 0.1) is 0 Å². The van der Waals surface area contributed by atoms with Gasteiger partial charge in [0.25, 0.3) is 17.7 Å². The minimum Gasteiger partial charge on any atom is -0.369 e. The highest BCUT2D eigenvalue weighted by atomic mass is 32.2. The largest absolute Gasteiger partial charge is 0.369 e. The van der Waals surface area contributed by atoms with E-state index in [0.29, 0.717) is 16.8 Å². The van der Waals surface area contributed by atoms with E-state index in [1.54, 1.807) is 12.1 Å². The number of fused-ring (bicyclic) bond motifs is 1. The Hall–Kier alpha value is -3.78. The van der Waals surface area contributed by atoms with E-state index in [-0.39, 0.29) is 30.8 Å². The lowest BCUT2D eigenvalue weighted by atomic mass is 9.92. The highest BCUT2D eigenvalue weighted by molar-refractivity contribution is 7.99. The van der Waals surface area contributed by atoms with E-state index in [9.17, 15) is 14.4 Å². The number of carbonyl (C=O) groups is 3. The summed E-state index contributed by atoms with van der Waals surface area (Å²) in [7, 11) is 0. The van der Waals surface area contributed by atoms with E-state index in [1.807, 2.05) is 60.3 Å². The first-order chi connectivity index (χ1) is 17.1. The van der Waals surface area contributed by atoms with Crippen LogP contribution in [-0.4, -0.2) is 65.3 Å². The zero-order valence-corrected chi connectivity index (χ0v) is 19.9. The van der Waals surface area contributed by atoms with Gasteiger partial charge in [-0.2, -0.15) is 11.8 Å². The van der Waals surface area contributed by atoms with E-state index >= 15 is 0 Å². The number of aromatic amines is 1. The van der Waals surface area contributed by atoms with Gasteiger partial charge in [-0.15, -0.1) is 0 Å². The third kappa shape index (κ3) is 3.74. The molecule has 2 aliphatic heterocycles. The van der Waals surface area contributed by atoms with Crippen molar-refractivity contribution in [2.75, 3.05) is 42.6 Å². The van der Waals surface area contributed by atoms with Crippen molar-refractivity contribution in [3.8, 4) is 0 Å². The van der Waals surface area contributed by atoms with Crippen molar-refractivity contribution in [3.63, 3.8) is 0 Å². The summed E-state index contributed by atoms with van der Waals surface area (Å²) in [6.07, 6.45) is 0. The van der Waals surface area contributed by atoms with E-state index < -0.39 is 0 Å². The second kappa shape index (κ2) is 8.78. The normalized spacial score (nSPS) is 15.8. The van der Waals surface area contributed by atoms with Crippen molar-refractivity contribution in [1.29, 1.82) is 0 Å². The highest BCUT2D eigenvalue weighted by Crippen LogP contribution is 2.36. The van der Waals surface area contributed by atoms with Crippen LogP contribution in [0.4, 0.5) is 5.69 Å². The van der Waals surface area contributed by atoms with Crippen LogP contribution in [0.2, 0.25) is 0 Å². The highest BCUT2D eigenvalue weighted by Gasteiger charge is 2.33. The number of thioether (sulfide) groups is 1. The number of H-pyrrole nitrogens is 1. The predicted molar refractivity (Wildman–Crippen MR) is 139 cm³/mol. The molecule has 176 valence electrons. The van der Waals surface area contributed by atoms with Gasteiger partial charge in [-0.05, 0) is 30.3 Å². The molecule has 0 aliphatic carbocycles. The number of rotatable bonds is 5. The fraction of sp³-hybridized carbons (Fsp3) is 0.222. The SMILES string of the molecule is O=C(NCCN1C(=O)c2cccc3c(N4CCSCC4)ccc(c23)C1=O)c1cc2ccccc2[nH]1. The Balaban J connectivity index is 1.22. The first-order valence-electron chi connectivity index (χ1n) is 11.7. The summed E-state index contributed by atoms with van der Waals surface area (Å²) in [5.41, 5.74) is 3.47. The third-order valence-electron chi connectivity index (χ3n) is 6.72. The maximum absolute atomic E-state index is 13.3. The van der Waals surface area contributed by atoms with Crippen LogP contribution < -0.4 is 10.2 Å². The van der Waals surface area contributed by atoms with Gasteiger partial charge in [-0.1, -0.05) is 30.3 Å². The van der Waals surface area contributed by atoms with Gasteiger partial charge in [-0.25, -0.2) is 0 Å². The Morgan fingerprint density at radius 1 is 0.943 bits per heavy atom. The Bertz CT molecular complexity index is 1430. The Morgan fingerprint density at radius 3 is 2.51 bits per heavy atom. The summed E-state index contributed by atoms with van der Waals surface area (Å²) in [6.45, 7) is 2.17. The third-order valence-corrected chi connectivity index (χ3v) is 7.66.